The van der Waals surface area contributed by atoms with Gasteiger partial charge in [0.2, 0.25) is 0 Å². The van der Waals surface area contributed by atoms with Gasteiger partial charge in [0.25, 0.3) is 0 Å². The minimum atomic E-state index is -0.955. The van der Waals surface area contributed by atoms with Crippen molar-refractivity contribution in [3.05, 3.63) is 0 Å². The first kappa shape index (κ1) is 11.9. The molecule has 0 amide bonds. The Hall–Kier alpha value is -0.140. The van der Waals surface area contributed by atoms with Crippen LogP contribution >= 0.6 is 0 Å². The molecule has 0 aliphatic carbocycles. The van der Waals surface area contributed by atoms with Crippen LogP contribution in [0, 0.1) is 5.92 Å². The van der Waals surface area contributed by atoms with Crippen LogP contribution < -0.4 is 0 Å². The van der Waals surface area contributed by atoms with E-state index in [1.165, 1.54) is 0 Å². The fourth-order valence-corrected chi connectivity index (χ4v) is 1.14. The van der Waals surface area contributed by atoms with Gasteiger partial charge in [-0.15, -0.1) is 0 Å². The van der Waals surface area contributed by atoms with Crippen LogP contribution in [0.15, 0.2) is 0 Å². The first-order valence-corrected chi connectivity index (χ1v) is 4.88. The zero-order valence-corrected chi connectivity index (χ0v) is 8.32. The average Bonchev–Trinajstić information content (AvgIpc) is 2.03. The molecule has 0 heterocycles. The molecule has 0 aliphatic heterocycles. The van der Waals surface area contributed by atoms with Crippen LogP contribution in [0.3, 0.4) is 0 Å². The molecule has 0 rings (SSSR count). The Morgan fingerprint density at radius 1 is 0.917 bits per heavy atom. The summed E-state index contributed by atoms with van der Waals surface area (Å²) in [7, 11) is 0. The van der Waals surface area contributed by atoms with Gasteiger partial charge in [0, 0.05) is 6.42 Å². The summed E-state index contributed by atoms with van der Waals surface area (Å²) in [5, 5.41) is 0. The number of hydrogen-bond acceptors (Lipinski definition) is 0. The maximum absolute atomic E-state index is 13.0. The summed E-state index contributed by atoms with van der Waals surface area (Å²) in [6, 6.07) is 0. The van der Waals surface area contributed by atoms with Crippen molar-refractivity contribution in [2.24, 2.45) is 5.92 Å². The highest BCUT2D eigenvalue weighted by Crippen LogP contribution is 2.18. The van der Waals surface area contributed by atoms with Crippen LogP contribution in [0.4, 0.5) is 8.78 Å². The second-order valence-corrected chi connectivity index (χ2v) is 3.59. The van der Waals surface area contributed by atoms with Crippen LogP contribution in [-0.2, 0) is 0 Å². The van der Waals surface area contributed by atoms with Crippen molar-refractivity contribution in [2.45, 2.75) is 58.8 Å². The molecule has 0 nitrogen and oxygen atoms in total. The molecule has 0 spiro atoms. The molecule has 3 unspecified atom stereocenters. The van der Waals surface area contributed by atoms with Crippen molar-refractivity contribution in [3.63, 3.8) is 0 Å². The predicted octanol–water partition coefficient (Wildman–Crippen LogP) is 3.90. The maximum Gasteiger partial charge on any atom is 0.103 e. The van der Waals surface area contributed by atoms with Crippen molar-refractivity contribution in [1.82, 2.24) is 0 Å². The van der Waals surface area contributed by atoms with E-state index in [2.05, 4.69) is 0 Å². The van der Waals surface area contributed by atoms with Crippen molar-refractivity contribution in [1.29, 1.82) is 0 Å². The summed E-state index contributed by atoms with van der Waals surface area (Å²) in [5.74, 6) is 0.379. The van der Waals surface area contributed by atoms with Crippen LogP contribution in [0.1, 0.15) is 46.5 Å². The first-order chi connectivity index (χ1) is 5.60. The lowest BCUT2D eigenvalue weighted by atomic mass is 9.98. The molecule has 0 N–H and O–H groups in total. The number of halogens is 2. The predicted molar refractivity (Wildman–Crippen MR) is 48.8 cm³/mol. The fraction of sp³-hybridized carbons (Fsp3) is 1.00. The molecule has 2 heteroatoms. The Balaban J connectivity index is 3.51. The van der Waals surface area contributed by atoms with Crippen molar-refractivity contribution in [2.75, 3.05) is 0 Å². The van der Waals surface area contributed by atoms with E-state index in [1.54, 1.807) is 6.92 Å². The highest BCUT2D eigenvalue weighted by Gasteiger charge is 2.15. The molecule has 0 aromatic heterocycles. The molecule has 0 aromatic carbocycles. The first-order valence-electron chi connectivity index (χ1n) is 4.88. The van der Waals surface area contributed by atoms with Gasteiger partial charge in [-0.1, -0.05) is 27.2 Å². The van der Waals surface area contributed by atoms with Crippen molar-refractivity contribution >= 4 is 0 Å². The van der Waals surface area contributed by atoms with E-state index in [9.17, 15) is 8.78 Å². The number of hydrogen-bond donors (Lipinski definition) is 0. The summed E-state index contributed by atoms with van der Waals surface area (Å²) in [6.07, 6.45) is 0.0984. The molecule has 0 saturated carbocycles. The van der Waals surface area contributed by atoms with E-state index in [4.69, 9.17) is 0 Å². The third-order valence-electron chi connectivity index (χ3n) is 2.31. The van der Waals surface area contributed by atoms with Crippen molar-refractivity contribution in [3.8, 4) is 0 Å². The summed E-state index contributed by atoms with van der Waals surface area (Å²) in [6.45, 7) is 5.79. The Kier molecular flexibility index (Phi) is 6.31. The minimum absolute atomic E-state index is 0.0842. The molecule has 0 radical (unpaired) electrons. The van der Waals surface area contributed by atoms with Gasteiger partial charge < -0.3 is 0 Å². The van der Waals surface area contributed by atoms with E-state index < -0.39 is 12.3 Å². The van der Waals surface area contributed by atoms with E-state index in [0.29, 0.717) is 18.8 Å². The molecule has 0 aliphatic rings. The summed E-state index contributed by atoms with van der Waals surface area (Å²) in [5.41, 5.74) is 0. The molecule has 0 fully saturated rings. The van der Waals surface area contributed by atoms with Gasteiger partial charge >= 0.3 is 0 Å². The van der Waals surface area contributed by atoms with E-state index in [1.807, 2.05) is 13.8 Å². The molecule has 3 atom stereocenters. The van der Waals surface area contributed by atoms with E-state index in [-0.39, 0.29) is 6.42 Å². The Bertz CT molecular complexity index is 92.0. The lowest BCUT2D eigenvalue weighted by Crippen LogP contribution is -2.12. The zero-order valence-electron chi connectivity index (χ0n) is 8.32. The average molecular weight is 178 g/mol. The van der Waals surface area contributed by atoms with Crippen LogP contribution in [0.25, 0.3) is 0 Å². The van der Waals surface area contributed by atoms with Crippen LogP contribution in [0.5, 0.6) is 0 Å². The topological polar surface area (TPSA) is 0 Å². The van der Waals surface area contributed by atoms with Crippen molar-refractivity contribution < 1.29 is 8.78 Å². The second kappa shape index (κ2) is 6.38. The maximum atomic E-state index is 13.0. The third-order valence-corrected chi connectivity index (χ3v) is 2.31. The smallest absolute Gasteiger partial charge is 0.103 e. The molecule has 0 saturated heterocycles. The fourth-order valence-electron chi connectivity index (χ4n) is 1.14. The molecular formula is C10H20F2. The Labute approximate surface area is 74.4 Å². The van der Waals surface area contributed by atoms with E-state index in [0.717, 1.165) is 6.42 Å². The Morgan fingerprint density at radius 2 is 1.50 bits per heavy atom. The molecule has 0 aromatic rings. The summed E-state index contributed by atoms with van der Waals surface area (Å²) in [4.78, 5) is 0. The van der Waals surface area contributed by atoms with Gasteiger partial charge in [0.15, 0.2) is 0 Å². The molecular weight excluding hydrogens is 158 g/mol. The lowest BCUT2D eigenvalue weighted by Gasteiger charge is -2.14. The van der Waals surface area contributed by atoms with Gasteiger partial charge in [-0.05, 0) is 18.8 Å². The van der Waals surface area contributed by atoms with Gasteiger partial charge in [-0.3, -0.25) is 0 Å². The standard InChI is InChI=1S/C10H20F2/c1-4-8(3)6-10(12)7-9(11)5-2/h8-10H,4-7H2,1-3H3. The molecule has 0 bridgehead atoms. The van der Waals surface area contributed by atoms with Gasteiger partial charge in [-0.2, -0.15) is 0 Å². The highest BCUT2D eigenvalue weighted by atomic mass is 19.1. The lowest BCUT2D eigenvalue weighted by molar-refractivity contribution is 0.188. The zero-order chi connectivity index (χ0) is 9.56. The van der Waals surface area contributed by atoms with E-state index >= 15 is 0 Å². The monoisotopic (exact) mass is 178 g/mol. The van der Waals surface area contributed by atoms with Gasteiger partial charge in [0.05, 0.1) is 0 Å². The summed E-state index contributed by atoms with van der Waals surface area (Å²) < 4.78 is 25.7. The minimum Gasteiger partial charge on any atom is -0.247 e. The second-order valence-electron chi connectivity index (χ2n) is 3.59. The number of rotatable bonds is 6. The SMILES string of the molecule is CCC(C)CC(F)CC(F)CC. The largest absolute Gasteiger partial charge is 0.247 e. The Morgan fingerprint density at radius 3 is 1.92 bits per heavy atom. The quantitative estimate of drug-likeness (QED) is 0.578. The van der Waals surface area contributed by atoms with Gasteiger partial charge in [-0.25, -0.2) is 8.78 Å². The number of alkyl halides is 2. The van der Waals surface area contributed by atoms with Gasteiger partial charge in [0.1, 0.15) is 12.3 Å². The van der Waals surface area contributed by atoms with Crippen LogP contribution in [-0.4, -0.2) is 12.3 Å². The molecule has 74 valence electrons. The molecule has 12 heavy (non-hydrogen) atoms. The normalized spacial score (nSPS) is 18.8. The summed E-state index contributed by atoms with van der Waals surface area (Å²) >= 11 is 0. The van der Waals surface area contributed by atoms with Crippen LogP contribution in [0.2, 0.25) is 0 Å². The highest BCUT2D eigenvalue weighted by molar-refractivity contribution is 4.65. The third kappa shape index (κ3) is 5.50.